The Morgan fingerprint density at radius 3 is 2.48 bits per heavy atom. The molecule has 9 nitrogen and oxygen atoms in total. The fraction of sp³-hybridized carbons (Fsp3) is 0.345. The molecule has 1 aliphatic carbocycles. The van der Waals surface area contributed by atoms with Gasteiger partial charge in [0, 0.05) is 38.3 Å². The van der Waals surface area contributed by atoms with E-state index in [0.717, 1.165) is 47.4 Å². The van der Waals surface area contributed by atoms with Crippen LogP contribution in [0.3, 0.4) is 0 Å². The summed E-state index contributed by atoms with van der Waals surface area (Å²) in [6.07, 6.45) is 9.65. The molecule has 3 aromatic heterocycles. The zero-order valence-electron chi connectivity index (χ0n) is 22.8. The third kappa shape index (κ3) is 5.86. The summed E-state index contributed by atoms with van der Waals surface area (Å²) in [7, 11) is 3.34. The summed E-state index contributed by atoms with van der Waals surface area (Å²) in [5.41, 5.74) is 4.51. The van der Waals surface area contributed by atoms with Crippen molar-refractivity contribution in [2.45, 2.75) is 60.9 Å². The molecule has 0 aliphatic heterocycles. The van der Waals surface area contributed by atoms with Gasteiger partial charge in [0.25, 0.3) is 6.47 Å². The van der Waals surface area contributed by atoms with Gasteiger partial charge in [0.05, 0.1) is 42.2 Å². The average molecular weight is 560 g/mol. The van der Waals surface area contributed by atoms with Crippen molar-refractivity contribution in [2.75, 3.05) is 14.2 Å². The van der Waals surface area contributed by atoms with E-state index in [9.17, 15) is 14.9 Å². The van der Waals surface area contributed by atoms with Crippen LogP contribution in [0.1, 0.15) is 55.5 Å². The van der Waals surface area contributed by atoms with Gasteiger partial charge in [-0.05, 0) is 70.8 Å². The van der Waals surface area contributed by atoms with Crippen LogP contribution >= 0.6 is 11.8 Å². The number of pyridine rings is 1. The topological polar surface area (TPSA) is 121 Å². The smallest absolute Gasteiger partial charge is 0.292 e. The van der Waals surface area contributed by atoms with E-state index in [1.807, 2.05) is 25.5 Å². The number of carbonyl (C=O) groups excluding carboxylic acids is 1. The minimum Gasteiger partial charge on any atom is -0.471 e. The fourth-order valence-electron chi connectivity index (χ4n) is 5.00. The van der Waals surface area contributed by atoms with Crippen LogP contribution < -0.4 is 5.32 Å². The summed E-state index contributed by atoms with van der Waals surface area (Å²) in [5.74, 6) is -0.461. The zero-order chi connectivity index (χ0) is 28.9. The predicted molar refractivity (Wildman–Crippen MR) is 149 cm³/mol. The Labute approximate surface area is 236 Å². The number of ether oxygens (including phenoxy) is 1. The van der Waals surface area contributed by atoms with Gasteiger partial charge in [0.1, 0.15) is 18.0 Å². The highest BCUT2D eigenvalue weighted by atomic mass is 32.2. The Morgan fingerprint density at radius 2 is 1.85 bits per heavy atom. The number of hydrogen-bond donors (Lipinski definition) is 1. The van der Waals surface area contributed by atoms with Crippen molar-refractivity contribution in [1.29, 1.82) is 10.5 Å². The third-order valence-electron chi connectivity index (χ3n) is 7.44. The molecule has 11 heteroatoms. The third-order valence-corrected chi connectivity index (χ3v) is 8.55. The second-order valence-corrected chi connectivity index (χ2v) is 11.0. The van der Waals surface area contributed by atoms with Crippen molar-refractivity contribution < 1.29 is 13.9 Å². The van der Waals surface area contributed by atoms with Gasteiger partial charge in [-0.15, -0.1) is 0 Å². The van der Waals surface area contributed by atoms with Crippen LogP contribution in [0, 0.1) is 35.4 Å². The maximum Gasteiger partial charge on any atom is 0.292 e. The Kier molecular flexibility index (Phi) is 8.88. The molecule has 40 heavy (non-hydrogen) atoms. The molecule has 1 N–H and O–H groups in total. The van der Waals surface area contributed by atoms with Crippen LogP contribution in [0.4, 0.5) is 4.39 Å². The van der Waals surface area contributed by atoms with Crippen LogP contribution in [-0.2, 0) is 9.53 Å². The SMILES string of the molecule is CNC1(C)CCC(n2ncc(-c3cc(Sc4ccc(F)cc4C#N)c4c(C#N)cnn4c3)c2C)CC1.COC=O. The van der Waals surface area contributed by atoms with Crippen molar-refractivity contribution in [1.82, 2.24) is 24.7 Å². The number of nitrogens with one attached hydrogen (secondary N) is 1. The number of carbonyl (C=O) groups is 1. The Hall–Kier alpha value is -4.19. The predicted octanol–water partition coefficient (Wildman–Crippen LogP) is 5.42. The molecule has 5 rings (SSSR count). The Balaban J connectivity index is 0.000000867. The summed E-state index contributed by atoms with van der Waals surface area (Å²) in [6.45, 7) is 4.74. The molecular weight excluding hydrogens is 529 g/mol. The minimum absolute atomic E-state index is 0.179. The van der Waals surface area contributed by atoms with Crippen molar-refractivity contribution in [2.24, 2.45) is 0 Å². The number of methoxy groups -OCH3 is 1. The number of hydrogen-bond acceptors (Lipinski definition) is 8. The first-order valence-corrected chi connectivity index (χ1v) is 13.6. The van der Waals surface area contributed by atoms with Crippen LogP contribution in [0.5, 0.6) is 0 Å². The lowest BCUT2D eigenvalue weighted by molar-refractivity contribution is -0.126. The second kappa shape index (κ2) is 12.3. The summed E-state index contributed by atoms with van der Waals surface area (Å²) in [6, 6.07) is 10.8. The molecule has 0 spiro atoms. The highest BCUT2D eigenvalue weighted by Crippen LogP contribution is 2.39. The highest BCUT2D eigenvalue weighted by molar-refractivity contribution is 7.99. The van der Waals surface area contributed by atoms with E-state index in [4.69, 9.17) is 9.89 Å². The maximum absolute atomic E-state index is 13.7. The summed E-state index contributed by atoms with van der Waals surface area (Å²) < 4.78 is 21.4. The lowest BCUT2D eigenvalue weighted by atomic mass is 9.81. The van der Waals surface area contributed by atoms with Crippen molar-refractivity contribution >= 4 is 23.8 Å². The van der Waals surface area contributed by atoms with Crippen molar-refractivity contribution in [3.05, 3.63) is 65.5 Å². The Morgan fingerprint density at radius 1 is 1.15 bits per heavy atom. The summed E-state index contributed by atoms with van der Waals surface area (Å²) in [4.78, 5) is 10.3. The van der Waals surface area contributed by atoms with Crippen LogP contribution in [-0.4, -0.2) is 45.6 Å². The molecule has 1 aliphatic rings. The zero-order valence-corrected chi connectivity index (χ0v) is 23.6. The number of nitrogens with zero attached hydrogens (tertiary/aromatic N) is 6. The van der Waals surface area contributed by atoms with Gasteiger partial charge in [0.2, 0.25) is 0 Å². The van der Waals surface area contributed by atoms with Crippen LogP contribution in [0.15, 0.2) is 52.6 Å². The first kappa shape index (κ1) is 28.8. The van der Waals surface area contributed by atoms with Crippen LogP contribution in [0.25, 0.3) is 16.6 Å². The number of rotatable bonds is 6. The average Bonchev–Trinajstić information content (AvgIpc) is 3.57. The molecule has 0 radical (unpaired) electrons. The summed E-state index contributed by atoms with van der Waals surface area (Å²) >= 11 is 1.33. The normalized spacial score (nSPS) is 18.3. The molecule has 1 saturated carbocycles. The molecule has 0 amide bonds. The molecule has 1 fully saturated rings. The quantitative estimate of drug-likeness (QED) is 0.311. The first-order chi connectivity index (χ1) is 19.3. The second-order valence-electron chi connectivity index (χ2n) is 9.87. The number of nitriles is 2. The van der Waals surface area contributed by atoms with Gasteiger partial charge in [0.15, 0.2) is 0 Å². The van der Waals surface area contributed by atoms with Gasteiger partial charge < -0.3 is 10.1 Å². The van der Waals surface area contributed by atoms with Crippen LogP contribution in [0.2, 0.25) is 0 Å². The number of aromatic nitrogens is 4. The van der Waals surface area contributed by atoms with Gasteiger partial charge >= 0.3 is 0 Å². The molecular formula is C29H30FN7O2S. The van der Waals surface area contributed by atoms with E-state index in [0.29, 0.717) is 28.5 Å². The Bertz CT molecular complexity index is 1610. The molecule has 3 heterocycles. The number of halogens is 1. The molecule has 0 saturated heterocycles. The molecule has 4 aromatic rings. The standard InChI is InChI=1S/C27H26FN7S.C2H4O2/c1-17-23(15-33-35(17)22-6-8-27(2,31-3)9-7-22)19-11-25(26-20(13-30)14-32-34(26)16-19)36-24-5-4-21(28)10-18(24)12-29;1-4-2-3/h4-5,10-11,14-16,22,31H,6-9H2,1-3H3;2H,1H3. The molecule has 1 aromatic carbocycles. The van der Waals surface area contributed by atoms with E-state index in [-0.39, 0.29) is 11.1 Å². The largest absolute Gasteiger partial charge is 0.471 e. The minimum atomic E-state index is -0.461. The van der Waals surface area contributed by atoms with E-state index >= 15 is 0 Å². The maximum atomic E-state index is 13.7. The van der Waals surface area contributed by atoms with E-state index in [1.165, 1.54) is 37.2 Å². The molecule has 206 valence electrons. The van der Waals surface area contributed by atoms with Crippen molar-refractivity contribution in [3.8, 4) is 23.3 Å². The lowest BCUT2D eigenvalue weighted by Gasteiger charge is -2.37. The molecule has 0 bridgehead atoms. The van der Waals surface area contributed by atoms with E-state index in [1.54, 1.807) is 10.6 Å². The van der Waals surface area contributed by atoms with Gasteiger partial charge in [-0.2, -0.15) is 20.7 Å². The first-order valence-electron chi connectivity index (χ1n) is 12.8. The number of benzene rings is 1. The fourth-order valence-corrected chi connectivity index (χ4v) is 6.07. The summed E-state index contributed by atoms with van der Waals surface area (Å²) in [5, 5.41) is 31.8. The molecule has 0 atom stereocenters. The number of fused-ring (bicyclic) bond motifs is 1. The van der Waals surface area contributed by atoms with Gasteiger partial charge in [-0.1, -0.05) is 11.8 Å². The van der Waals surface area contributed by atoms with Crippen molar-refractivity contribution in [3.63, 3.8) is 0 Å². The highest BCUT2D eigenvalue weighted by Gasteiger charge is 2.31. The lowest BCUT2D eigenvalue weighted by Crippen LogP contribution is -2.43. The van der Waals surface area contributed by atoms with Gasteiger partial charge in [-0.3, -0.25) is 9.48 Å². The van der Waals surface area contributed by atoms with E-state index < -0.39 is 5.82 Å². The van der Waals surface area contributed by atoms with E-state index in [2.05, 4.69) is 45.8 Å². The van der Waals surface area contributed by atoms with Gasteiger partial charge in [-0.25, -0.2) is 8.91 Å². The molecule has 0 unspecified atom stereocenters. The monoisotopic (exact) mass is 559 g/mol.